The van der Waals surface area contributed by atoms with E-state index in [4.69, 9.17) is 4.74 Å². The molecular formula is C23H31F3N2O3. The van der Waals surface area contributed by atoms with Crippen molar-refractivity contribution in [3.05, 3.63) is 42.2 Å². The second-order valence-corrected chi connectivity index (χ2v) is 7.55. The number of hydrogen-bond donors (Lipinski definition) is 1. The number of ether oxygens (including phenoxy) is 2. The maximum atomic E-state index is 12.0. The Morgan fingerprint density at radius 2 is 1.58 bits per heavy atom. The van der Waals surface area contributed by atoms with Gasteiger partial charge in [0.05, 0.1) is 6.61 Å². The molecular weight excluding hydrogens is 409 g/mol. The molecule has 0 bridgehead atoms. The second kappa shape index (κ2) is 13.3. The Kier molecular flexibility index (Phi) is 10.7. The quantitative estimate of drug-likeness (QED) is 0.401. The highest BCUT2D eigenvalue weighted by molar-refractivity contribution is 5.55. The van der Waals surface area contributed by atoms with E-state index in [0.717, 1.165) is 24.0 Å². The molecule has 172 valence electrons. The van der Waals surface area contributed by atoms with E-state index in [-0.39, 0.29) is 6.61 Å². The van der Waals surface area contributed by atoms with Crippen molar-refractivity contribution >= 4 is 0 Å². The van der Waals surface area contributed by atoms with Gasteiger partial charge in [-0.25, -0.2) is 9.97 Å². The van der Waals surface area contributed by atoms with Crippen molar-refractivity contribution in [3.63, 3.8) is 0 Å². The van der Waals surface area contributed by atoms with E-state index in [2.05, 4.69) is 21.6 Å². The average Bonchev–Trinajstić information content (AvgIpc) is 2.75. The van der Waals surface area contributed by atoms with Gasteiger partial charge in [-0.1, -0.05) is 39.0 Å². The van der Waals surface area contributed by atoms with Crippen LogP contribution in [-0.2, 0) is 11.2 Å². The van der Waals surface area contributed by atoms with E-state index in [9.17, 15) is 18.3 Å². The summed E-state index contributed by atoms with van der Waals surface area (Å²) in [6.45, 7) is 0.208. The van der Waals surface area contributed by atoms with Gasteiger partial charge in [0.25, 0.3) is 0 Å². The number of aliphatic hydroxyl groups is 1. The van der Waals surface area contributed by atoms with E-state index in [1.807, 2.05) is 12.4 Å². The first kappa shape index (κ1) is 25.1. The van der Waals surface area contributed by atoms with Gasteiger partial charge in [0.1, 0.15) is 25.1 Å². The topological polar surface area (TPSA) is 64.5 Å². The first-order valence-corrected chi connectivity index (χ1v) is 10.7. The van der Waals surface area contributed by atoms with Gasteiger partial charge in [-0.15, -0.1) is 0 Å². The third-order valence-electron chi connectivity index (χ3n) is 4.66. The largest absolute Gasteiger partial charge is 0.491 e. The zero-order valence-corrected chi connectivity index (χ0v) is 17.9. The summed E-state index contributed by atoms with van der Waals surface area (Å²) in [6, 6.07) is 6.99. The minimum Gasteiger partial charge on any atom is -0.491 e. The Balaban J connectivity index is 1.73. The molecule has 0 amide bonds. The van der Waals surface area contributed by atoms with Gasteiger partial charge in [0.15, 0.2) is 5.82 Å². The van der Waals surface area contributed by atoms with Crippen molar-refractivity contribution in [2.75, 3.05) is 19.8 Å². The van der Waals surface area contributed by atoms with Crippen molar-refractivity contribution in [2.45, 2.75) is 64.1 Å². The molecule has 0 radical (unpaired) electrons. The van der Waals surface area contributed by atoms with Crippen LogP contribution in [0, 0.1) is 0 Å². The fourth-order valence-corrected chi connectivity index (χ4v) is 2.99. The molecule has 1 N–H and O–H groups in total. The molecule has 0 aliphatic rings. The third kappa shape index (κ3) is 10.6. The number of nitrogens with zero attached hydrogens (tertiary/aromatic N) is 2. The Labute approximate surface area is 181 Å². The zero-order chi connectivity index (χ0) is 22.5. The normalized spacial score (nSPS) is 12.7. The summed E-state index contributed by atoms with van der Waals surface area (Å²) in [5.74, 6) is 1.09. The number of benzene rings is 1. The summed E-state index contributed by atoms with van der Waals surface area (Å²) in [7, 11) is 0. The Morgan fingerprint density at radius 1 is 0.935 bits per heavy atom. The maximum Gasteiger partial charge on any atom is 0.411 e. The second-order valence-electron chi connectivity index (χ2n) is 7.55. The number of aryl methyl sites for hydroxylation is 1. The molecule has 0 unspecified atom stereocenters. The average molecular weight is 441 g/mol. The standard InChI is InChI=1S/C23H31F3N2O3/c1-2-3-4-5-6-7-8-18-13-27-22(28-14-18)19-9-11-21(12-10-19)31-16-20(29)15-30-17-23(24,25)26/h9-14,20,29H,2-8,15-17H2,1H3/t20-/m0/s1. The van der Waals surface area contributed by atoms with E-state index in [1.54, 1.807) is 24.3 Å². The molecule has 0 saturated heterocycles. The van der Waals surface area contributed by atoms with E-state index in [0.29, 0.717) is 11.6 Å². The van der Waals surface area contributed by atoms with Gasteiger partial charge in [-0.2, -0.15) is 13.2 Å². The Bertz CT molecular complexity index is 737. The number of rotatable bonds is 14. The first-order chi connectivity index (χ1) is 14.9. The molecule has 0 saturated carbocycles. The fraction of sp³-hybridized carbons (Fsp3) is 0.565. The summed E-state index contributed by atoms with van der Waals surface area (Å²) in [5, 5.41) is 9.64. The van der Waals surface area contributed by atoms with Crippen molar-refractivity contribution in [1.82, 2.24) is 9.97 Å². The van der Waals surface area contributed by atoms with Crippen LogP contribution in [0.15, 0.2) is 36.7 Å². The van der Waals surface area contributed by atoms with Crippen LogP contribution in [0.3, 0.4) is 0 Å². The summed E-state index contributed by atoms with van der Waals surface area (Å²) in [5.41, 5.74) is 1.95. The minimum absolute atomic E-state index is 0.166. The van der Waals surface area contributed by atoms with Crippen LogP contribution in [0.1, 0.15) is 51.0 Å². The predicted molar refractivity (Wildman–Crippen MR) is 113 cm³/mol. The van der Waals surface area contributed by atoms with E-state index < -0.39 is 25.5 Å². The van der Waals surface area contributed by atoms with Crippen molar-refractivity contribution in [2.24, 2.45) is 0 Å². The zero-order valence-electron chi connectivity index (χ0n) is 17.9. The summed E-state index contributed by atoms with van der Waals surface area (Å²) < 4.78 is 45.8. The Morgan fingerprint density at radius 3 is 2.23 bits per heavy atom. The molecule has 0 spiro atoms. The minimum atomic E-state index is -4.41. The molecule has 0 aliphatic heterocycles. The molecule has 1 aromatic heterocycles. The monoisotopic (exact) mass is 440 g/mol. The van der Waals surface area contributed by atoms with Crippen LogP contribution in [0.2, 0.25) is 0 Å². The molecule has 31 heavy (non-hydrogen) atoms. The van der Waals surface area contributed by atoms with Crippen molar-refractivity contribution in [3.8, 4) is 17.1 Å². The lowest BCUT2D eigenvalue weighted by Gasteiger charge is -2.14. The van der Waals surface area contributed by atoms with Crippen LogP contribution in [0.4, 0.5) is 13.2 Å². The SMILES string of the molecule is CCCCCCCCc1cnc(-c2ccc(OC[C@@H](O)COCC(F)(F)F)cc2)nc1. The third-order valence-corrected chi connectivity index (χ3v) is 4.66. The van der Waals surface area contributed by atoms with Crippen molar-refractivity contribution in [1.29, 1.82) is 0 Å². The number of halogens is 3. The van der Waals surface area contributed by atoms with Crippen molar-refractivity contribution < 1.29 is 27.8 Å². The van der Waals surface area contributed by atoms with Gasteiger partial charge in [0, 0.05) is 18.0 Å². The number of alkyl halides is 3. The van der Waals surface area contributed by atoms with E-state index >= 15 is 0 Å². The van der Waals surface area contributed by atoms with Crippen LogP contribution in [-0.4, -0.2) is 47.2 Å². The highest BCUT2D eigenvalue weighted by Gasteiger charge is 2.27. The molecule has 5 nitrogen and oxygen atoms in total. The van der Waals surface area contributed by atoms with Gasteiger partial charge >= 0.3 is 6.18 Å². The number of unbranched alkanes of at least 4 members (excludes halogenated alkanes) is 5. The molecule has 8 heteroatoms. The molecule has 1 aromatic carbocycles. The molecule has 2 rings (SSSR count). The molecule has 0 aliphatic carbocycles. The van der Waals surface area contributed by atoms with E-state index in [1.165, 1.54) is 32.1 Å². The van der Waals surface area contributed by atoms with Crippen LogP contribution < -0.4 is 4.74 Å². The number of hydrogen-bond acceptors (Lipinski definition) is 5. The lowest BCUT2D eigenvalue weighted by molar-refractivity contribution is -0.179. The van der Waals surface area contributed by atoms with Gasteiger partial charge in [-0.3, -0.25) is 0 Å². The van der Waals surface area contributed by atoms with Crippen LogP contribution in [0.25, 0.3) is 11.4 Å². The first-order valence-electron chi connectivity index (χ1n) is 10.7. The molecule has 0 fully saturated rings. The predicted octanol–water partition coefficient (Wildman–Crippen LogP) is 5.37. The molecule has 1 heterocycles. The summed E-state index contributed by atoms with van der Waals surface area (Å²) in [4.78, 5) is 8.87. The molecule has 1 atom stereocenters. The highest BCUT2D eigenvalue weighted by Crippen LogP contribution is 2.20. The van der Waals surface area contributed by atoms with Gasteiger partial charge in [-0.05, 0) is 42.7 Å². The fourth-order valence-electron chi connectivity index (χ4n) is 2.99. The smallest absolute Gasteiger partial charge is 0.411 e. The summed E-state index contributed by atoms with van der Waals surface area (Å²) >= 11 is 0. The van der Waals surface area contributed by atoms with Crippen LogP contribution >= 0.6 is 0 Å². The lowest BCUT2D eigenvalue weighted by Crippen LogP contribution is -2.27. The lowest BCUT2D eigenvalue weighted by atomic mass is 10.1. The highest BCUT2D eigenvalue weighted by atomic mass is 19.4. The van der Waals surface area contributed by atoms with Gasteiger partial charge < -0.3 is 14.6 Å². The Hall–Kier alpha value is -2.19. The molecule has 2 aromatic rings. The number of aliphatic hydroxyl groups excluding tert-OH is 1. The summed E-state index contributed by atoms with van der Waals surface area (Å²) in [6.07, 6.45) is 6.64. The van der Waals surface area contributed by atoms with Crippen LogP contribution in [0.5, 0.6) is 5.75 Å². The maximum absolute atomic E-state index is 12.0. The van der Waals surface area contributed by atoms with Gasteiger partial charge in [0.2, 0.25) is 0 Å². The number of aromatic nitrogens is 2.